The normalized spacial score (nSPS) is 45.1. The third kappa shape index (κ3) is 2.53. The molecule has 0 amide bonds. The van der Waals surface area contributed by atoms with Crippen LogP contribution in [-0.4, -0.2) is 60.8 Å². The van der Waals surface area contributed by atoms with Crippen molar-refractivity contribution >= 4 is 0 Å². The number of aliphatic hydroxyl groups is 1. The summed E-state index contributed by atoms with van der Waals surface area (Å²) >= 11 is 0. The van der Waals surface area contributed by atoms with Gasteiger partial charge in [-0.05, 0) is 61.7 Å². The molecule has 0 aromatic heterocycles. The molecule has 5 aliphatic rings. The summed E-state index contributed by atoms with van der Waals surface area (Å²) in [7, 11) is 0. The number of rotatable bonds is 4. The predicted octanol–water partition coefficient (Wildman–Crippen LogP) is 1.81. The fourth-order valence-electron chi connectivity index (χ4n) is 6.27. The molecule has 4 aliphatic carbocycles. The molecule has 0 radical (unpaired) electrons. The predicted molar refractivity (Wildman–Crippen MR) is 80.6 cm³/mol. The third-order valence-electron chi connectivity index (χ3n) is 6.61. The lowest BCUT2D eigenvalue weighted by Gasteiger charge is -2.58. The molecule has 0 unspecified atom stereocenters. The maximum Gasteiger partial charge on any atom is 0.0558 e. The van der Waals surface area contributed by atoms with E-state index in [1.54, 1.807) is 19.3 Å². The van der Waals surface area contributed by atoms with Crippen molar-refractivity contribution in [3.05, 3.63) is 0 Å². The van der Waals surface area contributed by atoms with Gasteiger partial charge in [-0.3, -0.25) is 4.90 Å². The Morgan fingerprint density at radius 3 is 1.80 bits per heavy atom. The van der Waals surface area contributed by atoms with Crippen molar-refractivity contribution in [2.75, 3.05) is 45.9 Å². The zero-order valence-electron chi connectivity index (χ0n) is 12.8. The first kappa shape index (κ1) is 13.5. The molecule has 5 fully saturated rings. The smallest absolute Gasteiger partial charge is 0.0558 e. The first-order valence-electron chi connectivity index (χ1n) is 8.80. The van der Waals surface area contributed by atoms with Crippen LogP contribution in [-0.2, 0) is 0 Å². The van der Waals surface area contributed by atoms with E-state index in [0.29, 0.717) is 12.0 Å². The molecule has 0 aromatic carbocycles. The summed E-state index contributed by atoms with van der Waals surface area (Å²) in [4.78, 5) is 5.15. The van der Waals surface area contributed by atoms with Gasteiger partial charge in [-0.1, -0.05) is 0 Å². The molecular formula is C17H30N2O. The van der Waals surface area contributed by atoms with Gasteiger partial charge in [0.15, 0.2) is 0 Å². The van der Waals surface area contributed by atoms with Crippen LogP contribution in [0.1, 0.15) is 38.5 Å². The van der Waals surface area contributed by atoms with Crippen molar-refractivity contribution < 1.29 is 5.11 Å². The largest absolute Gasteiger partial charge is 0.395 e. The molecule has 3 nitrogen and oxygen atoms in total. The maximum absolute atomic E-state index is 9.04. The Morgan fingerprint density at radius 1 is 0.800 bits per heavy atom. The SMILES string of the molecule is OCCN1CCN(CC23CC4CC(CC(C4)C2)C3)CC1. The van der Waals surface area contributed by atoms with Crippen molar-refractivity contribution in [2.45, 2.75) is 38.5 Å². The van der Waals surface area contributed by atoms with E-state index in [9.17, 15) is 0 Å². The highest BCUT2D eigenvalue weighted by atomic mass is 16.3. The Bertz CT molecular complexity index is 314. The van der Waals surface area contributed by atoms with Gasteiger partial charge < -0.3 is 10.0 Å². The summed E-state index contributed by atoms with van der Waals surface area (Å²) in [6.45, 7) is 7.33. The van der Waals surface area contributed by atoms with E-state index < -0.39 is 0 Å². The molecule has 114 valence electrons. The maximum atomic E-state index is 9.04. The van der Waals surface area contributed by atoms with Gasteiger partial charge in [0.05, 0.1) is 6.61 Å². The Morgan fingerprint density at radius 2 is 1.30 bits per heavy atom. The summed E-state index contributed by atoms with van der Waals surface area (Å²) in [5, 5.41) is 9.04. The second-order valence-electron chi connectivity index (χ2n) is 8.26. The molecule has 3 heteroatoms. The van der Waals surface area contributed by atoms with Crippen molar-refractivity contribution in [1.29, 1.82) is 0 Å². The summed E-state index contributed by atoms with van der Waals surface area (Å²) in [6.07, 6.45) is 9.29. The van der Waals surface area contributed by atoms with Crippen LogP contribution in [0.25, 0.3) is 0 Å². The number of piperazine rings is 1. The number of hydrogen-bond donors (Lipinski definition) is 1. The Kier molecular flexibility index (Phi) is 3.56. The lowest BCUT2D eigenvalue weighted by Crippen LogP contribution is -2.55. The van der Waals surface area contributed by atoms with Crippen molar-refractivity contribution in [3.63, 3.8) is 0 Å². The Labute approximate surface area is 123 Å². The molecule has 20 heavy (non-hydrogen) atoms. The van der Waals surface area contributed by atoms with Crippen LogP contribution in [0, 0.1) is 23.2 Å². The summed E-state index contributed by atoms with van der Waals surface area (Å²) in [5.41, 5.74) is 0.702. The van der Waals surface area contributed by atoms with E-state index in [1.807, 2.05) is 0 Å². The molecule has 1 N–H and O–H groups in total. The van der Waals surface area contributed by atoms with E-state index >= 15 is 0 Å². The average molecular weight is 278 g/mol. The van der Waals surface area contributed by atoms with Gasteiger partial charge >= 0.3 is 0 Å². The van der Waals surface area contributed by atoms with Gasteiger partial charge in [0, 0.05) is 39.3 Å². The zero-order chi connectivity index (χ0) is 13.6. The van der Waals surface area contributed by atoms with Crippen molar-refractivity contribution in [3.8, 4) is 0 Å². The third-order valence-corrected chi connectivity index (χ3v) is 6.61. The number of β-amino-alcohol motifs (C(OH)–C–C–N with tert-alkyl or cyclic N) is 1. The molecule has 0 atom stereocenters. The van der Waals surface area contributed by atoms with E-state index in [4.69, 9.17) is 5.11 Å². The summed E-state index contributed by atoms with van der Waals surface area (Å²) < 4.78 is 0. The van der Waals surface area contributed by atoms with Gasteiger partial charge in [-0.25, -0.2) is 0 Å². The van der Waals surface area contributed by atoms with Crippen LogP contribution in [0.3, 0.4) is 0 Å². The molecule has 1 aliphatic heterocycles. The average Bonchev–Trinajstić information content (AvgIpc) is 2.39. The molecule has 1 saturated heterocycles. The van der Waals surface area contributed by atoms with E-state index in [-0.39, 0.29) is 0 Å². The van der Waals surface area contributed by atoms with Gasteiger partial charge in [-0.15, -0.1) is 0 Å². The molecule has 5 rings (SSSR count). The molecule has 4 bridgehead atoms. The second-order valence-corrected chi connectivity index (χ2v) is 8.26. The topological polar surface area (TPSA) is 26.7 Å². The summed E-state index contributed by atoms with van der Waals surface area (Å²) in [5.74, 6) is 3.24. The highest BCUT2D eigenvalue weighted by Crippen LogP contribution is 2.60. The Balaban J connectivity index is 1.35. The van der Waals surface area contributed by atoms with Crippen LogP contribution in [0.2, 0.25) is 0 Å². The second kappa shape index (κ2) is 5.26. The summed E-state index contributed by atoms with van der Waals surface area (Å²) in [6, 6.07) is 0. The lowest BCUT2D eigenvalue weighted by molar-refractivity contribution is -0.0738. The molecule has 4 saturated carbocycles. The lowest BCUT2D eigenvalue weighted by atomic mass is 9.49. The van der Waals surface area contributed by atoms with Crippen LogP contribution in [0.4, 0.5) is 0 Å². The quantitative estimate of drug-likeness (QED) is 0.849. The monoisotopic (exact) mass is 278 g/mol. The molecule has 0 aromatic rings. The minimum Gasteiger partial charge on any atom is -0.395 e. The number of hydrogen-bond acceptors (Lipinski definition) is 3. The van der Waals surface area contributed by atoms with Crippen molar-refractivity contribution in [1.82, 2.24) is 9.80 Å². The first-order chi connectivity index (χ1) is 9.75. The number of nitrogens with zero attached hydrogens (tertiary/aromatic N) is 2. The van der Waals surface area contributed by atoms with Crippen LogP contribution in [0.15, 0.2) is 0 Å². The Hall–Kier alpha value is -0.120. The van der Waals surface area contributed by atoms with Gasteiger partial charge in [0.25, 0.3) is 0 Å². The molecular weight excluding hydrogens is 248 g/mol. The fourth-order valence-corrected chi connectivity index (χ4v) is 6.27. The van der Waals surface area contributed by atoms with E-state index in [1.165, 1.54) is 38.9 Å². The highest BCUT2D eigenvalue weighted by molar-refractivity contribution is 5.02. The van der Waals surface area contributed by atoms with E-state index in [2.05, 4.69) is 9.80 Å². The van der Waals surface area contributed by atoms with Gasteiger partial charge in [0.1, 0.15) is 0 Å². The first-order valence-corrected chi connectivity index (χ1v) is 8.80. The van der Waals surface area contributed by atoms with Crippen LogP contribution >= 0.6 is 0 Å². The van der Waals surface area contributed by atoms with Crippen LogP contribution < -0.4 is 0 Å². The highest BCUT2D eigenvalue weighted by Gasteiger charge is 2.51. The number of aliphatic hydroxyl groups excluding tert-OH is 1. The van der Waals surface area contributed by atoms with Gasteiger partial charge in [-0.2, -0.15) is 0 Å². The van der Waals surface area contributed by atoms with Crippen molar-refractivity contribution in [2.24, 2.45) is 23.2 Å². The van der Waals surface area contributed by atoms with Crippen LogP contribution in [0.5, 0.6) is 0 Å². The molecule has 0 spiro atoms. The standard InChI is InChI=1S/C17H30N2O/c20-6-5-18-1-3-19(4-2-18)13-17-10-14-7-15(11-17)9-16(8-14)12-17/h14-16,20H,1-13H2. The minimum absolute atomic E-state index is 0.314. The zero-order valence-corrected chi connectivity index (χ0v) is 12.8. The fraction of sp³-hybridized carbons (Fsp3) is 1.00. The molecule has 1 heterocycles. The van der Waals surface area contributed by atoms with E-state index in [0.717, 1.165) is 37.4 Å². The minimum atomic E-state index is 0.314. The van der Waals surface area contributed by atoms with Gasteiger partial charge in [0.2, 0.25) is 0 Å².